The van der Waals surface area contributed by atoms with Crippen LogP contribution in [-0.4, -0.2) is 28.0 Å². The summed E-state index contributed by atoms with van der Waals surface area (Å²) >= 11 is 1.02. The van der Waals surface area contributed by atoms with Gasteiger partial charge in [0.2, 0.25) is 11.8 Å². The number of aryl methyl sites for hydroxylation is 1. The molecule has 32 heavy (non-hydrogen) atoms. The number of aromatic nitrogens is 1. The summed E-state index contributed by atoms with van der Waals surface area (Å²) in [6, 6.07) is 15.4. The van der Waals surface area contributed by atoms with Gasteiger partial charge in [-0.15, -0.1) is 0 Å². The number of nitrogens with zero attached hydrogens (tertiary/aromatic N) is 1. The number of furan rings is 1. The summed E-state index contributed by atoms with van der Waals surface area (Å²) in [5, 5.41) is 2.47. The fraction of sp³-hybridized carbons (Fsp3) is 0.208. The Hall–Kier alpha value is -3.52. The fourth-order valence-electron chi connectivity index (χ4n) is 3.74. The molecule has 1 atom stereocenters. The predicted molar refractivity (Wildman–Crippen MR) is 121 cm³/mol. The standard InChI is InChI=1S/C24H20N2O5S/c1-14-18(25-23(31-14)15-5-3-2-4-6-15)10-12-29-19-8-7-16(17-9-11-30-21(17)19)13-20-22(27)26-24(28)32-20/h2-9,11,20H,10,12-13H2,1H3,(H,26,27,28). The summed E-state index contributed by atoms with van der Waals surface area (Å²) < 4.78 is 17.5. The quantitative estimate of drug-likeness (QED) is 0.429. The van der Waals surface area contributed by atoms with Crippen molar-refractivity contribution in [3.05, 3.63) is 71.8 Å². The molecule has 1 saturated heterocycles. The second-order valence-corrected chi connectivity index (χ2v) is 8.64. The molecule has 2 amide bonds. The van der Waals surface area contributed by atoms with Crippen molar-refractivity contribution < 1.29 is 23.2 Å². The van der Waals surface area contributed by atoms with E-state index in [1.807, 2.05) is 55.5 Å². The number of imide groups is 1. The monoisotopic (exact) mass is 448 g/mol. The SMILES string of the molecule is Cc1oc(-c2ccccc2)nc1CCOc1ccc(CC2SC(=O)NC2=O)c2ccoc12. The van der Waals surface area contributed by atoms with E-state index < -0.39 is 5.25 Å². The zero-order chi connectivity index (χ0) is 22.1. The second-order valence-electron chi connectivity index (χ2n) is 7.46. The van der Waals surface area contributed by atoms with Crippen molar-refractivity contribution in [2.24, 2.45) is 0 Å². The van der Waals surface area contributed by atoms with E-state index in [4.69, 9.17) is 13.6 Å². The van der Waals surface area contributed by atoms with Crippen LogP contribution in [0.3, 0.4) is 0 Å². The lowest BCUT2D eigenvalue weighted by Gasteiger charge is -2.10. The van der Waals surface area contributed by atoms with Crippen LogP contribution in [0.4, 0.5) is 4.79 Å². The molecule has 2 aromatic heterocycles. The number of fused-ring (bicyclic) bond motifs is 1. The summed E-state index contributed by atoms with van der Waals surface area (Å²) in [6.45, 7) is 2.31. The molecule has 1 N–H and O–H groups in total. The lowest BCUT2D eigenvalue weighted by Crippen LogP contribution is -2.25. The van der Waals surface area contributed by atoms with Gasteiger partial charge in [0.05, 0.1) is 23.8 Å². The number of benzene rings is 2. The van der Waals surface area contributed by atoms with Crippen LogP contribution >= 0.6 is 11.8 Å². The Labute approximate surface area is 188 Å². The van der Waals surface area contributed by atoms with E-state index in [1.54, 1.807) is 6.26 Å². The zero-order valence-electron chi connectivity index (χ0n) is 17.3. The van der Waals surface area contributed by atoms with Gasteiger partial charge in [-0.25, -0.2) is 4.98 Å². The second kappa shape index (κ2) is 8.55. The Kier molecular flexibility index (Phi) is 5.45. The van der Waals surface area contributed by atoms with E-state index in [2.05, 4.69) is 10.3 Å². The molecule has 0 radical (unpaired) electrons. The van der Waals surface area contributed by atoms with Gasteiger partial charge in [-0.3, -0.25) is 14.9 Å². The van der Waals surface area contributed by atoms with Crippen LogP contribution in [0, 0.1) is 6.92 Å². The van der Waals surface area contributed by atoms with Gasteiger partial charge < -0.3 is 13.6 Å². The molecule has 2 aromatic carbocycles. The number of thioether (sulfide) groups is 1. The van der Waals surface area contributed by atoms with E-state index in [9.17, 15) is 9.59 Å². The van der Waals surface area contributed by atoms with Crippen molar-refractivity contribution in [2.75, 3.05) is 6.61 Å². The Bertz CT molecular complexity index is 1290. The van der Waals surface area contributed by atoms with Crippen molar-refractivity contribution >= 4 is 33.9 Å². The summed E-state index contributed by atoms with van der Waals surface area (Å²) in [7, 11) is 0. The van der Waals surface area contributed by atoms with Gasteiger partial charge in [0, 0.05) is 17.4 Å². The highest BCUT2D eigenvalue weighted by Gasteiger charge is 2.32. The van der Waals surface area contributed by atoms with E-state index in [-0.39, 0.29) is 11.1 Å². The summed E-state index contributed by atoms with van der Waals surface area (Å²) in [6.07, 6.45) is 2.63. The number of rotatable bonds is 7. The number of amides is 2. The Balaban J connectivity index is 1.28. The lowest BCUT2D eigenvalue weighted by molar-refractivity contribution is -0.118. The van der Waals surface area contributed by atoms with E-state index in [0.717, 1.165) is 39.7 Å². The van der Waals surface area contributed by atoms with Crippen LogP contribution in [0.15, 0.2) is 63.6 Å². The highest BCUT2D eigenvalue weighted by molar-refractivity contribution is 8.15. The minimum absolute atomic E-state index is 0.255. The first kappa shape index (κ1) is 20.4. The number of hydrogen-bond donors (Lipinski definition) is 1. The largest absolute Gasteiger partial charge is 0.489 e. The molecule has 4 aromatic rings. The van der Waals surface area contributed by atoms with Gasteiger partial charge in [0.1, 0.15) is 5.76 Å². The lowest BCUT2D eigenvalue weighted by atomic mass is 10.0. The van der Waals surface area contributed by atoms with Gasteiger partial charge in [-0.2, -0.15) is 0 Å². The number of hydrogen-bond acceptors (Lipinski definition) is 7. The Morgan fingerprint density at radius 3 is 2.75 bits per heavy atom. The molecule has 0 spiro atoms. The molecule has 8 heteroatoms. The molecule has 0 aliphatic carbocycles. The normalized spacial score (nSPS) is 16.0. The van der Waals surface area contributed by atoms with Gasteiger partial charge in [-0.05, 0) is 43.2 Å². The van der Waals surface area contributed by atoms with Gasteiger partial charge in [-0.1, -0.05) is 36.0 Å². The molecule has 0 bridgehead atoms. The molecule has 3 heterocycles. The van der Waals surface area contributed by atoms with Gasteiger partial charge >= 0.3 is 0 Å². The molecular formula is C24H20N2O5S. The highest BCUT2D eigenvalue weighted by Crippen LogP contribution is 2.33. The molecule has 5 rings (SSSR count). The molecule has 1 aliphatic rings. The fourth-order valence-corrected chi connectivity index (χ4v) is 4.58. The number of carbonyl (C=O) groups is 2. The highest BCUT2D eigenvalue weighted by atomic mass is 32.2. The molecule has 1 aliphatic heterocycles. The van der Waals surface area contributed by atoms with Gasteiger partial charge in [0.25, 0.3) is 5.24 Å². The minimum Gasteiger partial charge on any atom is -0.489 e. The maximum absolute atomic E-state index is 11.9. The van der Waals surface area contributed by atoms with Crippen molar-refractivity contribution in [1.29, 1.82) is 0 Å². The molecule has 7 nitrogen and oxygen atoms in total. The minimum atomic E-state index is -0.429. The number of nitrogens with one attached hydrogen (secondary N) is 1. The van der Waals surface area contributed by atoms with E-state index in [1.165, 1.54) is 0 Å². The van der Waals surface area contributed by atoms with Crippen LogP contribution in [-0.2, 0) is 17.6 Å². The van der Waals surface area contributed by atoms with E-state index in [0.29, 0.717) is 36.7 Å². The maximum atomic E-state index is 11.9. The van der Waals surface area contributed by atoms with Crippen molar-refractivity contribution in [3.63, 3.8) is 0 Å². The zero-order valence-corrected chi connectivity index (χ0v) is 18.1. The van der Waals surface area contributed by atoms with Gasteiger partial charge in [0.15, 0.2) is 11.3 Å². The number of carbonyl (C=O) groups excluding carboxylic acids is 2. The Morgan fingerprint density at radius 2 is 1.97 bits per heavy atom. The molecule has 162 valence electrons. The third-order valence-corrected chi connectivity index (χ3v) is 6.33. The van der Waals surface area contributed by atoms with Crippen LogP contribution in [0.1, 0.15) is 17.0 Å². The van der Waals surface area contributed by atoms with Crippen molar-refractivity contribution in [1.82, 2.24) is 10.3 Å². The van der Waals surface area contributed by atoms with E-state index >= 15 is 0 Å². The third kappa shape index (κ3) is 4.01. The van der Waals surface area contributed by atoms with Crippen LogP contribution < -0.4 is 10.1 Å². The summed E-state index contributed by atoms with van der Waals surface area (Å²) in [5.41, 5.74) is 3.35. The topological polar surface area (TPSA) is 94.6 Å². The molecule has 0 saturated carbocycles. The Morgan fingerprint density at radius 1 is 1.12 bits per heavy atom. The average Bonchev–Trinajstić information content (AvgIpc) is 3.50. The summed E-state index contributed by atoms with van der Waals surface area (Å²) in [5.74, 6) is 1.74. The first-order chi connectivity index (χ1) is 15.6. The average molecular weight is 449 g/mol. The molecule has 1 fully saturated rings. The third-order valence-electron chi connectivity index (χ3n) is 5.35. The number of ether oxygens (including phenoxy) is 1. The van der Waals surface area contributed by atoms with Crippen LogP contribution in [0.25, 0.3) is 22.4 Å². The smallest absolute Gasteiger partial charge is 0.286 e. The van der Waals surface area contributed by atoms with Crippen LogP contribution in [0.2, 0.25) is 0 Å². The van der Waals surface area contributed by atoms with Crippen molar-refractivity contribution in [2.45, 2.75) is 25.0 Å². The first-order valence-electron chi connectivity index (χ1n) is 10.2. The summed E-state index contributed by atoms with van der Waals surface area (Å²) in [4.78, 5) is 28.0. The van der Waals surface area contributed by atoms with Crippen molar-refractivity contribution in [3.8, 4) is 17.2 Å². The molecular weight excluding hydrogens is 428 g/mol. The molecule has 1 unspecified atom stereocenters. The predicted octanol–water partition coefficient (Wildman–Crippen LogP) is 4.91. The maximum Gasteiger partial charge on any atom is 0.286 e. The van der Waals surface area contributed by atoms with Crippen LogP contribution in [0.5, 0.6) is 5.75 Å². The number of oxazole rings is 1. The first-order valence-corrected chi connectivity index (χ1v) is 11.1.